The van der Waals surface area contributed by atoms with Crippen molar-refractivity contribution in [1.82, 2.24) is 10.3 Å². The Labute approximate surface area is 112 Å². The van der Waals surface area contributed by atoms with E-state index in [-0.39, 0.29) is 5.69 Å². The summed E-state index contributed by atoms with van der Waals surface area (Å²) in [4.78, 5) is 25.9. The van der Waals surface area contributed by atoms with Crippen LogP contribution in [0, 0.1) is 0 Å². The van der Waals surface area contributed by atoms with Crippen LogP contribution in [0.4, 0.5) is 23.7 Å². The molecule has 2 amide bonds. The summed E-state index contributed by atoms with van der Waals surface area (Å²) in [6, 6.07) is 0.600. The number of hydrogen-bond donors (Lipinski definition) is 3. The quantitative estimate of drug-likeness (QED) is 0.793. The molecule has 0 saturated heterocycles. The van der Waals surface area contributed by atoms with E-state index >= 15 is 0 Å². The second-order valence-corrected chi connectivity index (χ2v) is 4.02. The average Bonchev–Trinajstić information content (AvgIpc) is 2.26. The lowest BCUT2D eigenvalue weighted by molar-refractivity contribution is -0.138. The van der Waals surface area contributed by atoms with E-state index < -0.39 is 36.3 Å². The SMILES string of the molecule is CC(CC(F)(F)F)NC(=O)Nc1cccnc1C(=O)O. The highest BCUT2D eigenvalue weighted by Gasteiger charge is 2.30. The number of carboxylic acid groups (broad SMARTS) is 1. The molecular weight excluding hydrogens is 279 g/mol. The van der Waals surface area contributed by atoms with Crippen molar-refractivity contribution >= 4 is 17.7 Å². The first kappa shape index (κ1) is 15.7. The van der Waals surface area contributed by atoms with Crippen LogP contribution in [-0.4, -0.2) is 34.3 Å². The molecule has 0 radical (unpaired) electrons. The number of amides is 2. The highest BCUT2D eigenvalue weighted by Crippen LogP contribution is 2.21. The largest absolute Gasteiger partial charge is 0.476 e. The lowest BCUT2D eigenvalue weighted by Gasteiger charge is -2.16. The van der Waals surface area contributed by atoms with Gasteiger partial charge in [0.25, 0.3) is 0 Å². The number of carboxylic acids is 1. The van der Waals surface area contributed by atoms with Crippen molar-refractivity contribution in [2.45, 2.75) is 25.6 Å². The summed E-state index contributed by atoms with van der Waals surface area (Å²) in [7, 11) is 0. The van der Waals surface area contributed by atoms with Gasteiger partial charge in [0.1, 0.15) is 0 Å². The van der Waals surface area contributed by atoms with Gasteiger partial charge < -0.3 is 15.7 Å². The molecule has 1 unspecified atom stereocenters. The van der Waals surface area contributed by atoms with Crippen molar-refractivity contribution in [3.8, 4) is 0 Å². The molecule has 9 heteroatoms. The molecule has 0 saturated carbocycles. The standard InChI is InChI=1S/C11H12F3N3O3/c1-6(5-11(12,13)14)16-10(20)17-7-3-2-4-15-8(7)9(18)19/h2-4,6H,5H2,1H3,(H,18,19)(H2,16,17,20). The summed E-state index contributed by atoms with van der Waals surface area (Å²) in [5.41, 5.74) is -0.497. The Balaban J connectivity index is 2.66. The van der Waals surface area contributed by atoms with Gasteiger partial charge in [0, 0.05) is 12.2 Å². The summed E-state index contributed by atoms with van der Waals surface area (Å²) >= 11 is 0. The van der Waals surface area contributed by atoms with Gasteiger partial charge >= 0.3 is 18.2 Å². The predicted molar refractivity (Wildman–Crippen MR) is 63.5 cm³/mol. The number of carbonyl (C=O) groups excluding carboxylic acids is 1. The Kier molecular flexibility index (Phi) is 4.89. The van der Waals surface area contributed by atoms with Crippen LogP contribution in [0.2, 0.25) is 0 Å². The second kappa shape index (κ2) is 6.22. The van der Waals surface area contributed by atoms with Crippen molar-refractivity contribution in [2.24, 2.45) is 0 Å². The van der Waals surface area contributed by atoms with Gasteiger partial charge in [-0.25, -0.2) is 14.6 Å². The summed E-state index contributed by atoms with van der Waals surface area (Å²) in [5.74, 6) is -1.36. The number of urea groups is 1. The van der Waals surface area contributed by atoms with Crippen molar-refractivity contribution < 1.29 is 27.9 Å². The first-order valence-corrected chi connectivity index (χ1v) is 5.51. The molecule has 6 nitrogen and oxygen atoms in total. The van der Waals surface area contributed by atoms with Crippen LogP contribution in [0.5, 0.6) is 0 Å². The van der Waals surface area contributed by atoms with E-state index in [1.807, 2.05) is 0 Å². The third-order valence-electron chi connectivity index (χ3n) is 2.17. The molecule has 0 bridgehead atoms. The van der Waals surface area contributed by atoms with Gasteiger partial charge in [-0.1, -0.05) is 0 Å². The molecule has 110 valence electrons. The van der Waals surface area contributed by atoms with Crippen LogP contribution < -0.4 is 10.6 Å². The highest BCUT2D eigenvalue weighted by atomic mass is 19.4. The molecule has 1 atom stereocenters. The van der Waals surface area contributed by atoms with Crippen LogP contribution >= 0.6 is 0 Å². The first-order chi connectivity index (χ1) is 9.19. The second-order valence-electron chi connectivity index (χ2n) is 4.02. The zero-order chi connectivity index (χ0) is 15.3. The van der Waals surface area contributed by atoms with Gasteiger partial charge in [-0.15, -0.1) is 0 Å². The fourth-order valence-corrected chi connectivity index (χ4v) is 1.46. The number of aromatic nitrogens is 1. The number of nitrogens with zero attached hydrogens (tertiary/aromatic N) is 1. The molecular formula is C11H12F3N3O3. The van der Waals surface area contributed by atoms with E-state index in [2.05, 4.69) is 15.6 Å². The van der Waals surface area contributed by atoms with E-state index in [0.717, 1.165) is 0 Å². The third kappa shape index (κ3) is 5.12. The van der Waals surface area contributed by atoms with Gasteiger partial charge in [-0.3, -0.25) is 0 Å². The van der Waals surface area contributed by atoms with E-state index in [1.54, 1.807) is 0 Å². The van der Waals surface area contributed by atoms with Crippen LogP contribution in [0.25, 0.3) is 0 Å². The monoisotopic (exact) mass is 291 g/mol. The smallest absolute Gasteiger partial charge is 0.391 e. The Morgan fingerprint density at radius 2 is 2.10 bits per heavy atom. The molecule has 1 heterocycles. The molecule has 0 aliphatic heterocycles. The van der Waals surface area contributed by atoms with Gasteiger partial charge in [-0.2, -0.15) is 13.2 Å². The molecule has 3 N–H and O–H groups in total. The molecule has 0 aromatic carbocycles. The maximum Gasteiger partial charge on any atom is 0.391 e. The summed E-state index contributed by atoms with van der Waals surface area (Å²) in [6.45, 7) is 1.19. The van der Waals surface area contributed by atoms with Crippen molar-refractivity contribution in [3.05, 3.63) is 24.0 Å². The molecule has 1 aromatic rings. The zero-order valence-electron chi connectivity index (χ0n) is 10.4. The van der Waals surface area contributed by atoms with Gasteiger partial charge in [0.05, 0.1) is 12.1 Å². The number of aromatic carboxylic acids is 1. The van der Waals surface area contributed by atoms with E-state index in [9.17, 15) is 22.8 Å². The number of anilines is 1. The average molecular weight is 291 g/mol. The van der Waals surface area contributed by atoms with Crippen molar-refractivity contribution in [2.75, 3.05) is 5.32 Å². The predicted octanol–water partition coefficient (Wildman–Crippen LogP) is 2.24. The fraction of sp³-hybridized carbons (Fsp3) is 0.364. The summed E-state index contributed by atoms with van der Waals surface area (Å²) < 4.78 is 36.3. The molecule has 1 aromatic heterocycles. The summed E-state index contributed by atoms with van der Waals surface area (Å²) in [6.07, 6.45) is -4.36. The van der Waals surface area contributed by atoms with Crippen LogP contribution in [0.15, 0.2) is 18.3 Å². The topological polar surface area (TPSA) is 91.3 Å². The number of alkyl halides is 3. The van der Waals surface area contributed by atoms with Crippen LogP contribution in [0.1, 0.15) is 23.8 Å². The summed E-state index contributed by atoms with van der Waals surface area (Å²) in [5, 5.41) is 13.0. The molecule has 0 spiro atoms. The zero-order valence-corrected chi connectivity index (χ0v) is 10.4. The van der Waals surface area contributed by atoms with Gasteiger partial charge in [0.15, 0.2) is 5.69 Å². The Bertz CT molecular complexity index is 505. The number of halogens is 3. The minimum absolute atomic E-state index is 0.100. The number of rotatable bonds is 4. The number of nitrogens with one attached hydrogen (secondary N) is 2. The van der Waals surface area contributed by atoms with E-state index in [4.69, 9.17) is 5.11 Å². The lowest BCUT2D eigenvalue weighted by atomic mass is 10.2. The molecule has 1 rings (SSSR count). The normalized spacial score (nSPS) is 12.6. The Hall–Kier alpha value is -2.32. The van der Waals surface area contributed by atoms with Crippen molar-refractivity contribution in [3.63, 3.8) is 0 Å². The first-order valence-electron chi connectivity index (χ1n) is 5.51. The maximum absolute atomic E-state index is 12.1. The number of carbonyl (C=O) groups is 2. The number of hydrogen-bond acceptors (Lipinski definition) is 3. The molecule has 0 fully saturated rings. The minimum Gasteiger partial charge on any atom is -0.476 e. The fourth-order valence-electron chi connectivity index (χ4n) is 1.46. The van der Waals surface area contributed by atoms with Crippen LogP contribution in [0.3, 0.4) is 0 Å². The lowest BCUT2D eigenvalue weighted by Crippen LogP contribution is -2.39. The van der Waals surface area contributed by atoms with E-state index in [1.165, 1.54) is 25.3 Å². The van der Waals surface area contributed by atoms with Crippen molar-refractivity contribution in [1.29, 1.82) is 0 Å². The van der Waals surface area contributed by atoms with Gasteiger partial charge in [0.2, 0.25) is 0 Å². The Morgan fingerprint density at radius 3 is 2.65 bits per heavy atom. The highest BCUT2D eigenvalue weighted by molar-refractivity contribution is 5.98. The number of pyridine rings is 1. The van der Waals surface area contributed by atoms with Crippen LogP contribution in [-0.2, 0) is 0 Å². The molecule has 0 aliphatic carbocycles. The Morgan fingerprint density at radius 1 is 1.45 bits per heavy atom. The molecule has 0 aliphatic rings. The molecule has 20 heavy (non-hydrogen) atoms. The maximum atomic E-state index is 12.1. The van der Waals surface area contributed by atoms with E-state index in [0.29, 0.717) is 0 Å². The van der Waals surface area contributed by atoms with Gasteiger partial charge in [-0.05, 0) is 19.1 Å². The minimum atomic E-state index is -4.40. The third-order valence-corrected chi connectivity index (χ3v) is 2.17.